The highest BCUT2D eigenvalue weighted by atomic mass is 16.4. The van der Waals surface area contributed by atoms with Gasteiger partial charge in [-0.05, 0) is 24.3 Å². The van der Waals surface area contributed by atoms with Crippen LogP contribution >= 0.6 is 0 Å². The number of rotatable bonds is 5. The van der Waals surface area contributed by atoms with Gasteiger partial charge in [-0.3, -0.25) is 4.79 Å². The lowest BCUT2D eigenvalue weighted by Crippen LogP contribution is -2.41. The highest BCUT2D eigenvalue weighted by Crippen LogP contribution is 2.45. The van der Waals surface area contributed by atoms with E-state index < -0.39 is 11.4 Å². The molecule has 174 valence electrons. The Morgan fingerprint density at radius 3 is 1.49 bits per heavy atom. The van der Waals surface area contributed by atoms with Crippen molar-refractivity contribution in [2.45, 2.75) is 0 Å². The van der Waals surface area contributed by atoms with Crippen molar-refractivity contribution in [1.29, 1.82) is 0 Å². The van der Waals surface area contributed by atoms with E-state index >= 15 is 0 Å². The summed E-state index contributed by atoms with van der Waals surface area (Å²) in [5.41, 5.74) is 2.71. The predicted octanol–water partition coefficient (Wildman–Crippen LogP) is 3.63. The number of nitrogens with zero attached hydrogens (tertiary/aromatic N) is 6. The lowest BCUT2D eigenvalue weighted by Gasteiger charge is -2.26. The Morgan fingerprint density at radius 1 is 0.686 bits per heavy atom. The van der Waals surface area contributed by atoms with E-state index in [1.165, 1.54) is 0 Å². The van der Waals surface area contributed by atoms with Gasteiger partial charge in [-0.15, -0.1) is 20.4 Å². The smallest absolute Gasteiger partial charge is 0.313 e. The largest absolute Gasteiger partial charge is 0.481 e. The van der Waals surface area contributed by atoms with Gasteiger partial charge in [0.2, 0.25) is 0 Å². The minimum absolute atomic E-state index is 0.0498. The zero-order valence-corrected chi connectivity index (χ0v) is 19.0. The Kier molecular flexibility index (Phi) is 5.13. The second-order valence-corrected chi connectivity index (χ2v) is 9.20. The van der Waals surface area contributed by atoms with Gasteiger partial charge >= 0.3 is 5.97 Å². The summed E-state index contributed by atoms with van der Waals surface area (Å²) in [5.74, 6) is 0.581. The van der Waals surface area contributed by atoms with Crippen LogP contribution < -0.4 is 9.80 Å². The first-order valence-electron chi connectivity index (χ1n) is 11.6. The molecule has 2 fully saturated rings. The molecule has 2 aliphatic rings. The fourth-order valence-corrected chi connectivity index (χ4v) is 5.23. The zero-order chi connectivity index (χ0) is 23.8. The van der Waals surface area contributed by atoms with Crippen molar-refractivity contribution in [1.82, 2.24) is 20.4 Å². The highest BCUT2D eigenvalue weighted by Gasteiger charge is 2.58. The monoisotopic (exact) mass is 464 g/mol. The molecular formula is C27H24N6O2. The summed E-state index contributed by atoms with van der Waals surface area (Å²) in [6, 6.07) is 27.5. The lowest BCUT2D eigenvalue weighted by molar-refractivity contribution is -0.148. The maximum absolute atomic E-state index is 12.5. The molecule has 6 rings (SSSR count). The molecule has 0 radical (unpaired) electrons. The zero-order valence-electron chi connectivity index (χ0n) is 19.0. The number of anilines is 2. The molecule has 0 unspecified atom stereocenters. The molecule has 4 heterocycles. The van der Waals surface area contributed by atoms with Crippen molar-refractivity contribution in [3.63, 3.8) is 0 Å². The van der Waals surface area contributed by atoms with Crippen LogP contribution in [0.3, 0.4) is 0 Å². The Morgan fingerprint density at radius 2 is 1.14 bits per heavy atom. The van der Waals surface area contributed by atoms with E-state index in [2.05, 4.69) is 20.4 Å². The summed E-state index contributed by atoms with van der Waals surface area (Å²) in [5, 5.41) is 27.9. The van der Waals surface area contributed by atoms with E-state index in [-0.39, 0.29) is 5.92 Å². The number of aliphatic carboxylic acids is 1. The summed E-state index contributed by atoms with van der Waals surface area (Å²) < 4.78 is 0. The van der Waals surface area contributed by atoms with Crippen molar-refractivity contribution in [3.8, 4) is 22.5 Å². The van der Waals surface area contributed by atoms with Crippen LogP contribution in [0.15, 0.2) is 84.9 Å². The van der Waals surface area contributed by atoms with Crippen molar-refractivity contribution >= 4 is 17.6 Å². The van der Waals surface area contributed by atoms with Crippen LogP contribution in [0, 0.1) is 11.3 Å². The second kappa shape index (κ2) is 8.47. The topological polar surface area (TPSA) is 95.3 Å². The third-order valence-electron chi connectivity index (χ3n) is 7.12. The second-order valence-electron chi connectivity index (χ2n) is 9.20. The van der Waals surface area contributed by atoms with Crippen molar-refractivity contribution < 1.29 is 9.90 Å². The van der Waals surface area contributed by atoms with Crippen LogP contribution in [0.2, 0.25) is 0 Å². The van der Waals surface area contributed by atoms with Gasteiger partial charge in [0.25, 0.3) is 0 Å². The van der Waals surface area contributed by atoms with E-state index in [0.29, 0.717) is 37.8 Å². The normalized spacial score (nSPS) is 21.2. The average Bonchev–Trinajstić information content (AvgIpc) is 3.46. The summed E-state index contributed by atoms with van der Waals surface area (Å²) in [6.45, 7) is 1.99. The minimum atomic E-state index is -0.889. The molecule has 2 aliphatic heterocycles. The number of fused-ring (bicyclic) bond motifs is 1. The molecule has 0 bridgehead atoms. The fourth-order valence-electron chi connectivity index (χ4n) is 5.23. The number of hydrogen-bond acceptors (Lipinski definition) is 7. The van der Waals surface area contributed by atoms with E-state index in [4.69, 9.17) is 0 Å². The van der Waals surface area contributed by atoms with Crippen LogP contribution in [-0.4, -0.2) is 57.6 Å². The third-order valence-corrected chi connectivity index (χ3v) is 7.12. The minimum Gasteiger partial charge on any atom is -0.481 e. The summed E-state index contributed by atoms with van der Waals surface area (Å²) in [7, 11) is 0. The maximum Gasteiger partial charge on any atom is 0.313 e. The average molecular weight is 465 g/mol. The molecule has 1 N–H and O–H groups in total. The van der Waals surface area contributed by atoms with E-state index in [0.717, 1.165) is 22.5 Å². The molecule has 0 aliphatic carbocycles. The van der Waals surface area contributed by atoms with E-state index in [9.17, 15) is 9.90 Å². The summed E-state index contributed by atoms with van der Waals surface area (Å²) >= 11 is 0. The Bertz CT molecular complexity index is 1230. The molecule has 2 aromatic heterocycles. The molecule has 8 nitrogen and oxygen atoms in total. The summed E-state index contributed by atoms with van der Waals surface area (Å²) in [4.78, 5) is 16.6. The molecule has 4 aromatic rings. The SMILES string of the molecule is O=C(O)C12CN(c3ccc(-c4ccccc4)nn3)CC1CN(c1ccc(-c3ccccc3)nn1)C2. The van der Waals surface area contributed by atoms with Gasteiger partial charge in [0, 0.05) is 43.2 Å². The van der Waals surface area contributed by atoms with E-state index in [1.807, 2.05) is 94.7 Å². The first-order chi connectivity index (χ1) is 17.1. The number of carbonyl (C=O) groups is 1. The molecule has 0 spiro atoms. The van der Waals surface area contributed by atoms with Gasteiger partial charge in [0.05, 0.1) is 11.4 Å². The molecule has 0 atom stereocenters. The Labute approximate surface area is 202 Å². The molecule has 0 saturated carbocycles. The quantitative estimate of drug-likeness (QED) is 0.479. The van der Waals surface area contributed by atoms with Crippen LogP contribution in [0.5, 0.6) is 0 Å². The molecule has 35 heavy (non-hydrogen) atoms. The molecule has 0 amide bonds. The first kappa shape index (κ1) is 21.2. The number of carboxylic acid groups (broad SMARTS) is 1. The Balaban J connectivity index is 1.19. The van der Waals surface area contributed by atoms with Gasteiger partial charge in [-0.1, -0.05) is 60.7 Å². The van der Waals surface area contributed by atoms with Gasteiger partial charge < -0.3 is 14.9 Å². The van der Waals surface area contributed by atoms with Crippen LogP contribution in [0.25, 0.3) is 22.5 Å². The molecular weight excluding hydrogens is 440 g/mol. The van der Waals surface area contributed by atoms with Crippen LogP contribution in [0.4, 0.5) is 11.6 Å². The molecule has 2 aromatic carbocycles. The predicted molar refractivity (Wildman–Crippen MR) is 133 cm³/mol. The number of carboxylic acids is 1. The van der Waals surface area contributed by atoms with Crippen molar-refractivity contribution in [3.05, 3.63) is 84.9 Å². The maximum atomic E-state index is 12.5. The van der Waals surface area contributed by atoms with E-state index in [1.54, 1.807) is 0 Å². The fraction of sp³-hybridized carbons (Fsp3) is 0.222. The van der Waals surface area contributed by atoms with Gasteiger partial charge in [-0.2, -0.15) is 0 Å². The number of hydrogen-bond donors (Lipinski definition) is 1. The summed E-state index contributed by atoms with van der Waals surface area (Å²) in [6.07, 6.45) is 0. The Hall–Kier alpha value is -4.33. The standard InChI is InChI=1S/C27H24N6O2/c34-26(35)27-17-32(24-13-11-22(28-30-24)19-7-3-1-4-8-19)15-21(27)16-33(18-27)25-14-12-23(29-31-25)20-9-5-2-6-10-20/h1-14,21H,15-18H2,(H,34,35). The third kappa shape index (κ3) is 3.77. The lowest BCUT2D eigenvalue weighted by atomic mass is 9.81. The number of aromatic nitrogens is 4. The van der Waals surface area contributed by atoms with Crippen molar-refractivity contribution in [2.75, 3.05) is 36.0 Å². The highest BCUT2D eigenvalue weighted by molar-refractivity contribution is 5.79. The molecule has 8 heteroatoms. The number of benzene rings is 2. The van der Waals surface area contributed by atoms with Crippen molar-refractivity contribution in [2.24, 2.45) is 11.3 Å². The van der Waals surface area contributed by atoms with Gasteiger partial charge in [-0.25, -0.2) is 0 Å². The molecule has 2 saturated heterocycles. The van der Waals surface area contributed by atoms with Crippen LogP contribution in [0.1, 0.15) is 0 Å². The first-order valence-corrected chi connectivity index (χ1v) is 11.6. The van der Waals surface area contributed by atoms with Gasteiger partial charge in [0.1, 0.15) is 5.41 Å². The van der Waals surface area contributed by atoms with Crippen LogP contribution in [-0.2, 0) is 4.79 Å². The van der Waals surface area contributed by atoms with Gasteiger partial charge in [0.15, 0.2) is 11.6 Å².